The van der Waals surface area contributed by atoms with Gasteiger partial charge >= 0.3 is 6.18 Å². The number of anilines is 1. The second-order valence-corrected chi connectivity index (χ2v) is 5.45. The average Bonchev–Trinajstić information content (AvgIpc) is 3.10. The summed E-state index contributed by atoms with van der Waals surface area (Å²) >= 11 is 0. The monoisotopic (exact) mass is 375 g/mol. The Morgan fingerprint density at radius 1 is 1.07 bits per heavy atom. The first kappa shape index (κ1) is 18.2. The highest BCUT2D eigenvalue weighted by atomic mass is 19.4. The zero-order valence-electron chi connectivity index (χ0n) is 13.6. The Balaban J connectivity index is 1.69. The van der Waals surface area contributed by atoms with Crippen LogP contribution in [0.15, 0.2) is 70.2 Å². The molecule has 0 atom stereocenters. The fourth-order valence-corrected chi connectivity index (χ4v) is 2.25. The van der Waals surface area contributed by atoms with Crippen molar-refractivity contribution in [1.82, 2.24) is 0 Å². The molecule has 2 aromatic carbocycles. The Labute approximate surface area is 151 Å². The summed E-state index contributed by atoms with van der Waals surface area (Å²) in [6.07, 6.45) is -3.08. The van der Waals surface area contributed by atoms with Crippen LogP contribution >= 0.6 is 0 Å². The van der Waals surface area contributed by atoms with Gasteiger partial charge in [-0.15, -0.1) is 0 Å². The first-order chi connectivity index (χ1) is 12.8. The minimum atomic E-state index is -4.43. The van der Waals surface area contributed by atoms with Crippen molar-refractivity contribution in [3.05, 3.63) is 82.1 Å². The third-order valence-electron chi connectivity index (χ3n) is 3.56. The number of alkyl halides is 3. The van der Waals surface area contributed by atoms with Gasteiger partial charge in [0, 0.05) is 17.7 Å². The maximum atomic E-state index is 12.8. The van der Waals surface area contributed by atoms with Crippen molar-refractivity contribution in [3.8, 4) is 11.3 Å². The molecule has 27 heavy (non-hydrogen) atoms. The van der Waals surface area contributed by atoms with E-state index in [0.29, 0.717) is 17.0 Å². The minimum Gasteiger partial charge on any atom is -0.455 e. The Hall–Kier alpha value is -3.62. The van der Waals surface area contributed by atoms with Crippen molar-refractivity contribution in [3.63, 3.8) is 0 Å². The number of furan rings is 1. The molecule has 0 fully saturated rings. The van der Waals surface area contributed by atoms with Crippen molar-refractivity contribution < 1.29 is 22.5 Å². The number of rotatable bonds is 5. The van der Waals surface area contributed by atoms with Gasteiger partial charge in [-0.25, -0.2) is 0 Å². The first-order valence-electron chi connectivity index (χ1n) is 7.64. The van der Waals surface area contributed by atoms with Gasteiger partial charge in [-0.3, -0.25) is 15.5 Å². The van der Waals surface area contributed by atoms with E-state index in [2.05, 4.69) is 10.5 Å². The van der Waals surface area contributed by atoms with Gasteiger partial charge < -0.3 is 4.42 Å². The molecular formula is C18H12F3N3O3. The van der Waals surface area contributed by atoms with E-state index in [-0.39, 0.29) is 11.4 Å². The molecule has 0 amide bonds. The second-order valence-electron chi connectivity index (χ2n) is 5.45. The van der Waals surface area contributed by atoms with Crippen molar-refractivity contribution in [1.29, 1.82) is 0 Å². The zero-order chi connectivity index (χ0) is 19.4. The van der Waals surface area contributed by atoms with Gasteiger partial charge in [0.05, 0.1) is 22.4 Å². The molecule has 0 radical (unpaired) electrons. The highest BCUT2D eigenvalue weighted by molar-refractivity contribution is 5.78. The second kappa shape index (κ2) is 7.32. The van der Waals surface area contributed by atoms with Crippen molar-refractivity contribution >= 4 is 17.6 Å². The number of hydrogen-bond donors (Lipinski definition) is 1. The van der Waals surface area contributed by atoms with E-state index in [9.17, 15) is 23.3 Å². The molecule has 0 spiro atoms. The highest BCUT2D eigenvalue weighted by Gasteiger charge is 2.30. The van der Waals surface area contributed by atoms with E-state index in [0.717, 1.165) is 12.1 Å². The number of hydrazone groups is 1. The summed E-state index contributed by atoms with van der Waals surface area (Å²) in [7, 11) is 0. The third kappa shape index (κ3) is 4.51. The highest BCUT2D eigenvalue weighted by Crippen LogP contribution is 2.32. The number of nitro groups is 1. The van der Waals surface area contributed by atoms with E-state index >= 15 is 0 Å². The van der Waals surface area contributed by atoms with E-state index in [1.165, 1.54) is 42.6 Å². The average molecular weight is 375 g/mol. The van der Waals surface area contributed by atoms with Gasteiger partial charge in [-0.05, 0) is 36.4 Å². The first-order valence-corrected chi connectivity index (χ1v) is 7.64. The molecular weight excluding hydrogens is 363 g/mol. The predicted octanol–water partition coefficient (Wildman–Crippen LogP) is 5.32. The van der Waals surface area contributed by atoms with Gasteiger partial charge in [0.15, 0.2) is 0 Å². The summed E-state index contributed by atoms with van der Waals surface area (Å²) in [6, 6.07) is 13.6. The lowest BCUT2D eigenvalue weighted by molar-refractivity contribution is -0.384. The molecule has 0 aliphatic heterocycles. The zero-order valence-corrected chi connectivity index (χ0v) is 13.6. The van der Waals surface area contributed by atoms with E-state index in [1.807, 2.05) is 0 Å². The van der Waals surface area contributed by atoms with Crippen LogP contribution in [-0.2, 0) is 6.18 Å². The topological polar surface area (TPSA) is 80.7 Å². The summed E-state index contributed by atoms with van der Waals surface area (Å²) in [5, 5.41) is 14.5. The van der Waals surface area contributed by atoms with Crippen molar-refractivity contribution in [2.75, 3.05) is 5.43 Å². The van der Waals surface area contributed by atoms with Gasteiger partial charge in [0.2, 0.25) is 0 Å². The largest absolute Gasteiger partial charge is 0.455 e. The molecule has 1 aromatic heterocycles. The van der Waals surface area contributed by atoms with Crippen LogP contribution in [0.25, 0.3) is 11.3 Å². The quantitative estimate of drug-likeness (QED) is 0.372. The van der Waals surface area contributed by atoms with Gasteiger partial charge in [-0.1, -0.05) is 12.1 Å². The SMILES string of the molecule is O=[N+]([O-])c1ccc(NN=Cc2ccc(-c3cccc(C(F)(F)F)c3)o2)cc1. The maximum Gasteiger partial charge on any atom is 0.416 e. The molecule has 0 saturated heterocycles. The number of nitrogens with one attached hydrogen (secondary N) is 1. The maximum absolute atomic E-state index is 12.8. The van der Waals surface area contributed by atoms with Crippen molar-refractivity contribution in [2.45, 2.75) is 6.18 Å². The van der Waals surface area contributed by atoms with E-state index in [4.69, 9.17) is 4.42 Å². The summed E-state index contributed by atoms with van der Waals surface area (Å²) in [6.45, 7) is 0. The molecule has 1 N–H and O–H groups in total. The van der Waals surface area contributed by atoms with Crippen LogP contribution in [0, 0.1) is 10.1 Å². The van der Waals surface area contributed by atoms with Gasteiger partial charge in [0.25, 0.3) is 5.69 Å². The van der Waals surface area contributed by atoms with Crippen LogP contribution < -0.4 is 5.43 Å². The molecule has 0 aliphatic rings. The molecule has 0 aliphatic carbocycles. The predicted molar refractivity (Wildman–Crippen MR) is 93.5 cm³/mol. The Bertz CT molecular complexity index is 979. The lowest BCUT2D eigenvalue weighted by atomic mass is 10.1. The fraction of sp³-hybridized carbons (Fsp3) is 0.0556. The number of non-ortho nitro benzene ring substituents is 1. The van der Waals surface area contributed by atoms with E-state index < -0.39 is 16.7 Å². The normalized spacial score (nSPS) is 11.7. The fourth-order valence-electron chi connectivity index (χ4n) is 2.25. The van der Waals surface area contributed by atoms with Crippen LogP contribution in [-0.4, -0.2) is 11.1 Å². The molecule has 3 rings (SSSR count). The minimum absolute atomic E-state index is 0.0405. The molecule has 0 saturated carbocycles. The van der Waals surface area contributed by atoms with Gasteiger partial charge in [0.1, 0.15) is 11.5 Å². The number of benzene rings is 2. The number of nitro benzene ring substituents is 1. The lowest BCUT2D eigenvalue weighted by Crippen LogP contribution is -2.04. The van der Waals surface area contributed by atoms with E-state index in [1.54, 1.807) is 12.1 Å². The summed E-state index contributed by atoms with van der Waals surface area (Å²) < 4.78 is 43.8. The molecule has 3 aromatic rings. The van der Waals surface area contributed by atoms with Crippen molar-refractivity contribution in [2.24, 2.45) is 5.10 Å². The standard InChI is InChI=1S/C18H12F3N3O3/c19-18(20,21)13-3-1-2-12(10-13)17-9-8-16(27-17)11-22-23-14-4-6-15(7-5-14)24(25)26/h1-11,23H. The smallest absolute Gasteiger partial charge is 0.416 e. The molecule has 0 bridgehead atoms. The molecule has 9 heteroatoms. The molecule has 1 heterocycles. The Morgan fingerprint density at radius 2 is 1.81 bits per heavy atom. The lowest BCUT2D eigenvalue weighted by Gasteiger charge is -2.07. The molecule has 6 nitrogen and oxygen atoms in total. The Morgan fingerprint density at radius 3 is 2.48 bits per heavy atom. The number of nitrogens with zero attached hydrogens (tertiary/aromatic N) is 2. The van der Waals surface area contributed by atoms with Crippen LogP contribution in [0.4, 0.5) is 24.5 Å². The van der Waals surface area contributed by atoms with Crippen LogP contribution in [0.3, 0.4) is 0 Å². The van der Waals surface area contributed by atoms with Crippen LogP contribution in [0.2, 0.25) is 0 Å². The summed E-state index contributed by atoms with van der Waals surface area (Å²) in [5.74, 6) is 0.606. The van der Waals surface area contributed by atoms with Crippen LogP contribution in [0.1, 0.15) is 11.3 Å². The Kier molecular flexibility index (Phi) is 4.93. The third-order valence-corrected chi connectivity index (χ3v) is 3.56. The summed E-state index contributed by atoms with van der Waals surface area (Å²) in [5.41, 5.74) is 2.71. The number of halogens is 3. The van der Waals surface area contributed by atoms with Crippen LogP contribution in [0.5, 0.6) is 0 Å². The molecule has 0 unspecified atom stereocenters. The van der Waals surface area contributed by atoms with Gasteiger partial charge in [-0.2, -0.15) is 18.3 Å². The summed E-state index contributed by atoms with van der Waals surface area (Å²) in [4.78, 5) is 10.1. The molecule has 138 valence electrons. The number of hydrogen-bond acceptors (Lipinski definition) is 5.